The van der Waals surface area contributed by atoms with Gasteiger partial charge in [0.1, 0.15) is 40.9 Å². The van der Waals surface area contributed by atoms with Crippen LogP contribution in [0, 0.1) is 0 Å². The molecule has 15 nitrogen and oxygen atoms in total. The number of nitrogens with zero attached hydrogens (tertiary/aromatic N) is 4. The fraction of sp³-hybridized carbons (Fsp3) is 0.595. The highest BCUT2D eigenvalue weighted by atomic mass is 32.2. The Bertz CT molecular complexity index is 1830. The third-order valence-corrected chi connectivity index (χ3v) is 13.3. The first-order chi connectivity index (χ1) is 26.4. The second kappa shape index (κ2) is 18.3. The molecule has 3 saturated heterocycles. The molecule has 0 saturated carbocycles. The van der Waals surface area contributed by atoms with Crippen LogP contribution < -0.4 is 16.0 Å². The monoisotopic (exact) mass is 815 g/mol. The maximum absolute atomic E-state index is 14.3. The van der Waals surface area contributed by atoms with E-state index in [0.717, 1.165) is 5.56 Å². The summed E-state index contributed by atoms with van der Waals surface area (Å²) >= 11 is 1.18. The van der Waals surface area contributed by atoms with E-state index in [2.05, 4.69) is 20.9 Å². The van der Waals surface area contributed by atoms with Crippen LogP contribution >= 0.6 is 11.3 Å². The molecule has 0 spiro atoms. The van der Waals surface area contributed by atoms with E-state index in [9.17, 15) is 37.2 Å². The molecule has 55 heavy (non-hydrogen) atoms. The first-order valence-electron chi connectivity index (χ1n) is 18.8. The molecule has 3 fully saturated rings. The average Bonchev–Trinajstić information content (AvgIpc) is 4.00. The maximum atomic E-state index is 14.3. The summed E-state index contributed by atoms with van der Waals surface area (Å²) < 4.78 is 24.4. The van der Waals surface area contributed by atoms with Gasteiger partial charge in [-0.2, -0.15) is 0 Å². The molecule has 4 aliphatic heterocycles. The molecule has 2 aromatic rings. The number of thiazole rings is 1. The molecule has 18 heteroatoms. The fourth-order valence-electron chi connectivity index (χ4n) is 7.94. The molecule has 2 unspecified atom stereocenters. The normalized spacial score (nSPS) is 28.1. The van der Waals surface area contributed by atoms with Crippen molar-refractivity contribution in [2.75, 3.05) is 43.7 Å². The Morgan fingerprint density at radius 2 is 1.16 bits per heavy atom. The number of fused-ring (bicyclic) bond motifs is 5. The van der Waals surface area contributed by atoms with Crippen LogP contribution in [-0.4, -0.2) is 137 Å². The van der Waals surface area contributed by atoms with Gasteiger partial charge < -0.3 is 30.7 Å². The Labute approximate surface area is 329 Å². The number of amides is 6. The largest absolute Gasteiger partial charge is 0.345 e. The molecule has 0 radical (unpaired) electrons. The quantitative estimate of drug-likeness (QED) is 0.343. The van der Waals surface area contributed by atoms with Crippen LogP contribution in [0.2, 0.25) is 0 Å². The lowest BCUT2D eigenvalue weighted by molar-refractivity contribution is -0.148. The van der Waals surface area contributed by atoms with E-state index in [-0.39, 0.29) is 55.6 Å². The van der Waals surface area contributed by atoms with Gasteiger partial charge in [0.2, 0.25) is 29.5 Å². The summed E-state index contributed by atoms with van der Waals surface area (Å²) in [6.07, 6.45) is 6.27. The summed E-state index contributed by atoms with van der Waals surface area (Å²) in [6, 6.07) is 4.02. The van der Waals surface area contributed by atoms with E-state index in [0.29, 0.717) is 50.0 Å². The van der Waals surface area contributed by atoms with Crippen molar-refractivity contribution >= 4 is 68.4 Å². The van der Waals surface area contributed by atoms with Crippen LogP contribution in [-0.2, 0) is 52.0 Å². The van der Waals surface area contributed by atoms with Gasteiger partial charge in [-0.3, -0.25) is 37.2 Å². The molecule has 6 amide bonds. The number of carbonyl (C=O) groups is 6. The predicted octanol–water partition coefficient (Wildman–Crippen LogP) is 0.650. The predicted molar refractivity (Wildman–Crippen MR) is 208 cm³/mol. The second-order valence-corrected chi connectivity index (χ2v) is 18.6. The van der Waals surface area contributed by atoms with Gasteiger partial charge in [0.05, 0.1) is 6.04 Å². The van der Waals surface area contributed by atoms with Crippen molar-refractivity contribution in [2.45, 2.75) is 94.0 Å². The Hall–Kier alpha value is -4.03. The van der Waals surface area contributed by atoms with Gasteiger partial charge in [-0.25, -0.2) is 4.98 Å². The van der Waals surface area contributed by atoms with Gasteiger partial charge in [0.15, 0.2) is 0 Å². The molecule has 0 aliphatic carbocycles. The molecule has 8 atom stereocenters. The highest BCUT2D eigenvalue weighted by Gasteiger charge is 2.45. The standard InChI is InChI=1S/C37H49N7O8S3/c1-54(51)19-14-24-36(49)44-18-8-13-30(44)37(50)43-17-7-12-29(43)32(46)39-25(15-20-55(2)52)35(48)42-16-6-11-28(42)33(47)40-26(21-23-9-4-3-5-10-23)34-41-27(22-53-34)31(45)38-24/h3-5,9-10,22,24-26,28-30H,6-8,11-21H2,1-2H3,(H,38,45)(H,39,46)(H,40,47)/t24-,25-,26-,28-,29-,30-,54?,55?/m0/s1. The number of hydrogen-bond acceptors (Lipinski definition) is 10. The summed E-state index contributed by atoms with van der Waals surface area (Å²) in [6.45, 7) is 0.841. The van der Waals surface area contributed by atoms with Gasteiger partial charge in [0, 0.05) is 70.6 Å². The van der Waals surface area contributed by atoms with Crippen LogP contribution in [0.25, 0.3) is 0 Å². The van der Waals surface area contributed by atoms with Crippen molar-refractivity contribution in [3.63, 3.8) is 0 Å². The fourth-order valence-corrected chi connectivity index (χ4v) is 9.92. The lowest BCUT2D eigenvalue weighted by atomic mass is 10.1. The van der Waals surface area contributed by atoms with Crippen molar-refractivity contribution in [1.29, 1.82) is 0 Å². The van der Waals surface area contributed by atoms with Gasteiger partial charge in [-0.1, -0.05) is 30.3 Å². The van der Waals surface area contributed by atoms with Gasteiger partial charge in [0.25, 0.3) is 5.91 Å². The Morgan fingerprint density at radius 3 is 1.73 bits per heavy atom. The van der Waals surface area contributed by atoms with Crippen molar-refractivity contribution in [1.82, 2.24) is 35.6 Å². The third kappa shape index (κ3) is 9.68. The molecule has 1 aromatic carbocycles. The van der Waals surface area contributed by atoms with Crippen LogP contribution in [0.4, 0.5) is 0 Å². The molecule has 298 valence electrons. The van der Waals surface area contributed by atoms with Gasteiger partial charge in [-0.05, 0) is 63.4 Å². The van der Waals surface area contributed by atoms with E-state index >= 15 is 0 Å². The molecular weight excluding hydrogens is 767 g/mol. The Kier molecular flexibility index (Phi) is 13.5. The van der Waals surface area contributed by atoms with Crippen molar-refractivity contribution < 1.29 is 37.2 Å². The van der Waals surface area contributed by atoms with Crippen molar-refractivity contribution in [2.24, 2.45) is 0 Å². The molecule has 4 aliphatic rings. The number of rotatable bonds is 8. The molecular formula is C37H49N7O8S3. The summed E-state index contributed by atoms with van der Waals surface area (Å²) in [4.78, 5) is 93.5. The zero-order valence-corrected chi connectivity index (χ0v) is 33.6. The minimum atomic E-state index is -1.27. The second-order valence-electron chi connectivity index (χ2n) is 14.6. The van der Waals surface area contributed by atoms with Crippen molar-refractivity contribution in [3.05, 3.63) is 52.0 Å². The SMILES string of the molecule is CS(=O)CC[C@@H]1NC(=O)[C@@H]2CCCN2C(=O)[C@@H]2CCCN2C(=O)[C@H](CCS(C)=O)NC(=O)c2csc(n2)[C@H](Cc2ccccc2)NC(=O)[C@@H]2CCCN2C1=O. The molecule has 1 aromatic heterocycles. The minimum absolute atomic E-state index is 0.0426. The Balaban J connectivity index is 1.37. The summed E-state index contributed by atoms with van der Waals surface area (Å²) in [5, 5.41) is 10.8. The van der Waals surface area contributed by atoms with E-state index in [1.165, 1.54) is 38.5 Å². The van der Waals surface area contributed by atoms with Gasteiger partial charge in [-0.15, -0.1) is 11.3 Å². The zero-order chi connectivity index (χ0) is 39.2. The van der Waals surface area contributed by atoms with E-state index in [1.54, 1.807) is 5.38 Å². The highest BCUT2D eigenvalue weighted by Crippen LogP contribution is 2.28. The smallest absolute Gasteiger partial charge is 0.271 e. The number of hydrogen-bond donors (Lipinski definition) is 3. The van der Waals surface area contributed by atoms with Crippen LogP contribution in [0.3, 0.4) is 0 Å². The van der Waals surface area contributed by atoms with E-state index in [4.69, 9.17) is 0 Å². The number of benzene rings is 1. The molecule has 2 bridgehead atoms. The van der Waals surface area contributed by atoms with Gasteiger partial charge >= 0.3 is 0 Å². The van der Waals surface area contributed by atoms with E-state index in [1.807, 2.05) is 30.3 Å². The highest BCUT2D eigenvalue weighted by molar-refractivity contribution is 7.84. The number of nitrogens with one attached hydrogen (secondary N) is 3. The molecule has 3 N–H and O–H groups in total. The molecule has 6 rings (SSSR count). The lowest BCUT2D eigenvalue weighted by Gasteiger charge is -2.34. The first kappa shape index (κ1) is 40.6. The average molecular weight is 816 g/mol. The lowest BCUT2D eigenvalue weighted by Crippen LogP contribution is -2.58. The summed E-state index contributed by atoms with van der Waals surface area (Å²) in [7, 11) is -2.54. The first-order valence-corrected chi connectivity index (χ1v) is 23.2. The maximum Gasteiger partial charge on any atom is 0.271 e. The summed E-state index contributed by atoms with van der Waals surface area (Å²) in [5.74, 6) is -2.61. The van der Waals surface area contributed by atoms with Crippen LogP contribution in [0.15, 0.2) is 35.7 Å². The Morgan fingerprint density at radius 1 is 0.673 bits per heavy atom. The zero-order valence-electron chi connectivity index (χ0n) is 31.1. The van der Waals surface area contributed by atoms with Crippen molar-refractivity contribution in [3.8, 4) is 0 Å². The number of aromatic nitrogens is 1. The van der Waals surface area contributed by atoms with Crippen LogP contribution in [0.1, 0.15) is 78.5 Å². The summed E-state index contributed by atoms with van der Waals surface area (Å²) in [5.41, 5.74) is 0.948. The van der Waals surface area contributed by atoms with Crippen LogP contribution in [0.5, 0.6) is 0 Å². The number of carbonyl (C=O) groups excluding carboxylic acids is 6. The topological polar surface area (TPSA) is 195 Å². The van der Waals surface area contributed by atoms with E-state index < -0.39 is 87.4 Å². The molecule has 5 heterocycles. The third-order valence-electron chi connectivity index (χ3n) is 10.8. The minimum Gasteiger partial charge on any atom is -0.345 e.